The quantitative estimate of drug-likeness (QED) is 0.635. The lowest BCUT2D eigenvalue weighted by Gasteiger charge is -2.31. The monoisotopic (exact) mass is 435 g/mol. The highest BCUT2D eigenvalue weighted by atomic mass is 16.5. The van der Waals surface area contributed by atoms with E-state index in [9.17, 15) is 4.79 Å². The highest BCUT2D eigenvalue weighted by Crippen LogP contribution is 2.24. The van der Waals surface area contributed by atoms with Crippen LogP contribution in [0.4, 0.5) is 5.82 Å². The zero-order chi connectivity index (χ0) is 22.7. The Morgan fingerprint density at radius 3 is 2.56 bits per heavy atom. The summed E-state index contributed by atoms with van der Waals surface area (Å²) in [6.45, 7) is 7.91. The van der Waals surface area contributed by atoms with Crippen molar-refractivity contribution in [3.8, 4) is 23.0 Å². The minimum Gasteiger partial charge on any atom is -0.497 e. The van der Waals surface area contributed by atoms with Crippen molar-refractivity contribution in [2.75, 3.05) is 52.2 Å². The molecule has 168 valence electrons. The van der Waals surface area contributed by atoms with E-state index in [0.29, 0.717) is 29.8 Å². The van der Waals surface area contributed by atoms with Crippen molar-refractivity contribution in [1.82, 2.24) is 29.5 Å². The van der Waals surface area contributed by atoms with Crippen LogP contribution in [0, 0.1) is 13.8 Å². The molecule has 2 aromatic heterocycles. The second-order valence-electron chi connectivity index (χ2n) is 8.13. The molecule has 9 nitrogen and oxygen atoms in total. The van der Waals surface area contributed by atoms with E-state index in [2.05, 4.69) is 32.2 Å². The van der Waals surface area contributed by atoms with Gasteiger partial charge >= 0.3 is 0 Å². The van der Waals surface area contributed by atoms with Gasteiger partial charge in [0.1, 0.15) is 11.6 Å². The van der Waals surface area contributed by atoms with Gasteiger partial charge in [-0.05, 0) is 39.1 Å². The zero-order valence-electron chi connectivity index (χ0n) is 19.0. The van der Waals surface area contributed by atoms with E-state index < -0.39 is 0 Å². The molecule has 1 N–H and O–H groups in total. The van der Waals surface area contributed by atoms with Crippen LogP contribution in [0.2, 0.25) is 0 Å². The van der Waals surface area contributed by atoms with Crippen LogP contribution >= 0.6 is 0 Å². The largest absolute Gasteiger partial charge is 0.497 e. The number of carbonyl (C=O) groups is 1. The topological polar surface area (TPSA) is 88.4 Å². The Morgan fingerprint density at radius 2 is 1.88 bits per heavy atom. The molecule has 0 radical (unpaired) electrons. The van der Waals surface area contributed by atoms with Crippen LogP contribution in [-0.2, 0) is 4.79 Å². The van der Waals surface area contributed by atoms with Crippen LogP contribution in [0.5, 0.6) is 5.75 Å². The second kappa shape index (κ2) is 9.46. The lowest BCUT2D eigenvalue weighted by Crippen LogP contribution is -2.47. The average Bonchev–Trinajstić information content (AvgIpc) is 3.13. The number of amides is 1. The summed E-state index contributed by atoms with van der Waals surface area (Å²) in [6, 6.07) is 11.3. The summed E-state index contributed by atoms with van der Waals surface area (Å²) in [5.41, 5.74) is 2.64. The van der Waals surface area contributed by atoms with Crippen molar-refractivity contribution in [1.29, 1.82) is 0 Å². The first kappa shape index (κ1) is 21.9. The third kappa shape index (κ3) is 5.12. The summed E-state index contributed by atoms with van der Waals surface area (Å²) >= 11 is 0. The van der Waals surface area contributed by atoms with Gasteiger partial charge in [-0.2, -0.15) is 5.10 Å². The fourth-order valence-electron chi connectivity index (χ4n) is 3.75. The molecule has 1 saturated heterocycles. The van der Waals surface area contributed by atoms with Gasteiger partial charge in [0, 0.05) is 43.5 Å². The van der Waals surface area contributed by atoms with Crippen molar-refractivity contribution >= 4 is 11.7 Å². The molecule has 1 amide bonds. The Balaban J connectivity index is 1.64. The fraction of sp³-hybridized carbons (Fsp3) is 0.391. The van der Waals surface area contributed by atoms with Gasteiger partial charge in [0.25, 0.3) is 0 Å². The number of anilines is 1. The number of rotatable bonds is 6. The predicted octanol–water partition coefficient (Wildman–Crippen LogP) is 2.14. The summed E-state index contributed by atoms with van der Waals surface area (Å²) in [5, 5.41) is 7.50. The highest BCUT2D eigenvalue weighted by molar-refractivity contribution is 5.91. The lowest BCUT2D eigenvalue weighted by molar-refractivity contribution is -0.117. The molecule has 3 aromatic rings. The first-order chi connectivity index (χ1) is 15.4. The number of benzene rings is 1. The zero-order valence-corrected chi connectivity index (χ0v) is 19.0. The number of aryl methyl sites for hydroxylation is 2. The molecular weight excluding hydrogens is 406 g/mol. The summed E-state index contributed by atoms with van der Waals surface area (Å²) in [5.74, 6) is 2.15. The molecule has 0 atom stereocenters. The minimum atomic E-state index is -0.0934. The predicted molar refractivity (Wildman–Crippen MR) is 123 cm³/mol. The average molecular weight is 436 g/mol. The van der Waals surface area contributed by atoms with Gasteiger partial charge in [0.05, 0.1) is 19.3 Å². The van der Waals surface area contributed by atoms with E-state index >= 15 is 0 Å². The van der Waals surface area contributed by atoms with Gasteiger partial charge in [-0.3, -0.25) is 9.69 Å². The van der Waals surface area contributed by atoms with Crippen LogP contribution in [0.15, 0.2) is 36.4 Å². The SMILES string of the molecule is COc1cccc(-c2nc(NC(=O)CN3CCN(C)CC3)cc(-n3nc(C)cc3C)n2)c1. The van der Waals surface area contributed by atoms with Crippen LogP contribution in [0.1, 0.15) is 11.4 Å². The van der Waals surface area contributed by atoms with E-state index in [1.54, 1.807) is 17.9 Å². The number of nitrogens with zero attached hydrogens (tertiary/aromatic N) is 6. The Hall–Kier alpha value is -3.30. The second-order valence-corrected chi connectivity index (χ2v) is 8.13. The van der Waals surface area contributed by atoms with Gasteiger partial charge in [0.2, 0.25) is 5.91 Å². The first-order valence-corrected chi connectivity index (χ1v) is 10.7. The van der Waals surface area contributed by atoms with Crippen LogP contribution in [-0.4, -0.2) is 82.3 Å². The van der Waals surface area contributed by atoms with Gasteiger partial charge in [0.15, 0.2) is 11.6 Å². The molecule has 1 aromatic carbocycles. The normalized spacial score (nSPS) is 15.0. The van der Waals surface area contributed by atoms with E-state index in [1.165, 1.54) is 0 Å². The number of piperazine rings is 1. The number of hydrogen-bond acceptors (Lipinski definition) is 7. The number of aromatic nitrogens is 4. The maximum absolute atomic E-state index is 12.8. The molecule has 32 heavy (non-hydrogen) atoms. The standard InChI is InChI=1S/C23H29N7O2/c1-16-12-17(2)30(27-16)21-14-20(24-22(31)15-29-10-8-28(3)9-11-29)25-23(26-21)18-6-5-7-19(13-18)32-4/h5-7,12-14H,8-11,15H2,1-4H3,(H,24,25,26,31). The number of methoxy groups -OCH3 is 1. The van der Waals surface area contributed by atoms with Crippen molar-refractivity contribution < 1.29 is 9.53 Å². The molecule has 0 spiro atoms. The van der Waals surface area contributed by atoms with Gasteiger partial charge < -0.3 is 15.0 Å². The molecule has 0 aliphatic carbocycles. The molecule has 0 bridgehead atoms. The van der Waals surface area contributed by atoms with Crippen molar-refractivity contribution in [3.63, 3.8) is 0 Å². The molecule has 4 rings (SSSR count). The molecule has 0 saturated carbocycles. The van der Waals surface area contributed by atoms with Crippen molar-refractivity contribution in [3.05, 3.63) is 47.8 Å². The molecular formula is C23H29N7O2. The van der Waals surface area contributed by atoms with Crippen molar-refractivity contribution in [2.45, 2.75) is 13.8 Å². The Bertz CT molecular complexity index is 1100. The third-order valence-electron chi connectivity index (χ3n) is 5.50. The van der Waals surface area contributed by atoms with E-state index in [4.69, 9.17) is 9.72 Å². The van der Waals surface area contributed by atoms with Crippen LogP contribution in [0.3, 0.4) is 0 Å². The third-order valence-corrected chi connectivity index (χ3v) is 5.50. The Morgan fingerprint density at radius 1 is 1.09 bits per heavy atom. The van der Waals surface area contributed by atoms with E-state index in [1.807, 2.05) is 44.2 Å². The molecule has 1 aliphatic rings. The number of hydrogen-bond donors (Lipinski definition) is 1. The molecule has 3 heterocycles. The summed E-state index contributed by atoms with van der Waals surface area (Å²) < 4.78 is 7.11. The number of likely N-dealkylation sites (N-methyl/N-ethyl adjacent to an activating group) is 1. The molecule has 1 aliphatic heterocycles. The number of carbonyl (C=O) groups excluding carboxylic acids is 1. The summed E-state index contributed by atoms with van der Waals surface area (Å²) in [4.78, 5) is 26.5. The smallest absolute Gasteiger partial charge is 0.239 e. The summed E-state index contributed by atoms with van der Waals surface area (Å²) in [7, 11) is 3.72. The molecule has 9 heteroatoms. The highest BCUT2D eigenvalue weighted by Gasteiger charge is 2.18. The first-order valence-electron chi connectivity index (χ1n) is 10.7. The molecule has 0 unspecified atom stereocenters. The lowest BCUT2D eigenvalue weighted by atomic mass is 10.2. The van der Waals surface area contributed by atoms with E-state index in [0.717, 1.165) is 43.1 Å². The number of ether oxygens (including phenoxy) is 1. The Labute approximate surface area is 188 Å². The molecule has 1 fully saturated rings. The number of nitrogens with one attached hydrogen (secondary N) is 1. The fourth-order valence-corrected chi connectivity index (χ4v) is 3.75. The van der Waals surface area contributed by atoms with Gasteiger partial charge in [-0.15, -0.1) is 0 Å². The maximum Gasteiger partial charge on any atom is 0.239 e. The summed E-state index contributed by atoms with van der Waals surface area (Å²) in [6.07, 6.45) is 0. The maximum atomic E-state index is 12.8. The van der Waals surface area contributed by atoms with E-state index in [-0.39, 0.29) is 5.91 Å². The van der Waals surface area contributed by atoms with Gasteiger partial charge in [-0.1, -0.05) is 12.1 Å². The Kier molecular flexibility index (Phi) is 6.48. The van der Waals surface area contributed by atoms with Crippen molar-refractivity contribution in [2.24, 2.45) is 0 Å². The van der Waals surface area contributed by atoms with Gasteiger partial charge in [-0.25, -0.2) is 14.6 Å². The van der Waals surface area contributed by atoms with Crippen LogP contribution in [0.25, 0.3) is 17.2 Å². The minimum absolute atomic E-state index is 0.0934. The van der Waals surface area contributed by atoms with Crippen LogP contribution < -0.4 is 10.1 Å².